The summed E-state index contributed by atoms with van der Waals surface area (Å²) in [5.41, 5.74) is 0. The molecule has 222 valence electrons. The molecule has 2 fully saturated rings. The number of aliphatic hydroxyl groups excluding tert-OH is 1. The standard InChI is InChI=1S/C20H41N4O8P.2C2H6/c1-18-15-22(4)16-19(32-18)17-31-33(27,21(2)3)24-7-5-23(6-8-24)20(26)30-14-13-29-12-11-28-10-9-25;2*1-2/h18-19,25H,5-17H2,1-4H3;2*1-2H3/t18?,19-,33?;;/m0../s1. The lowest BCUT2D eigenvalue weighted by atomic mass is 10.2. The Morgan fingerprint density at radius 1 is 0.973 bits per heavy atom. The molecule has 1 amide bonds. The molecule has 37 heavy (non-hydrogen) atoms. The van der Waals surface area contributed by atoms with Crippen molar-refractivity contribution in [3.05, 3.63) is 0 Å². The van der Waals surface area contributed by atoms with E-state index >= 15 is 0 Å². The van der Waals surface area contributed by atoms with E-state index in [9.17, 15) is 9.36 Å². The maximum atomic E-state index is 13.7. The SMILES string of the molecule is CC.CC.CC1CN(C)C[C@@H](COP(=O)(N(C)C)N2CCN(C(=O)OCCOCCOCCO)CC2)O1. The monoisotopic (exact) mass is 556 g/mol. The molecule has 3 atom stereocenters. The first kappa shape index (κ1) is 36.2. The van der Waals surface area contributed by atoms with E-state index < -0.39 is 13.8 Å². The molecular formula is C24H53N4O8P. The number of likely N-dealkylation sites (N-methyl/N-ethyl adjacent to an activating group) is 1. The first-order valence-electron chi connectivity index (χ1n) is 13.5. The van der Waals surface area contributed by atoms with E-state index in [1.54, 1.807) is 23.7 Å². The van der Waals surface area contributed by atoms with Gasteiger partial charge in [-0.3, -0.25) is 4.57 Å². The number of carbonyl (C=O) groups is 1. The number of piperazine rings is 1. The topological polar surface area (TPSA) is 113 Å². The molecule has 2 rings (SSSR count). The van der Waals surface area contributed by atoms with Gasteiger partial charge in [0, 0.05) is 39.3 Å². The fourth-order valence-electron chi connectivity index (χ4n) is 3.79. The molecule has 2 unspecified atom stereocenters. The largest absolute Gasteiger partial charge is 0.447 e. The van der Waals surface area contributed by atoms with Gasteiger partial charge in [-0.15, -0.1) is 0 Å². The predicted octanol–water partition coefficient (Wildman–Crippen LogP) is 2.22. The van der Waals surface area contributed by atoms with Gasteiger partial charge in [0.25, 0.3) is 0 Å². The molecule has 12 nitrogen and oxygen atoms in total. The van der Waals surface area contributed by atoms with Crippen LogP contribution in [0.25, 0.3) is 0 Å². The fraction of sp³-hybridized carbons (Fsp3) is 0.958. The molecule has 0 aliphatic carbocycles. The van der Waals surface area contributed by atoms with Crippen LogP contribution >= 0.6 is 7.67 Å². The zero-order valence-corrected chi connectivity index (χ0v) is 25.3. The summed E-state index contributed by atoms with van der Waals surface area (Å²) in [4.78, 5) is 16.1. The summed E-state index contributed by atoms with van der Waals surface area (Å²) in [6, 6.07) is 0. The Balaban J connectivity index is 0.00000308. The van der Waals surface area contributed by atoms with Crippen LogP contribution in [0.5, 0.6) is 0 Å². The van der Waals surface area contributed by atoms with Crippen LogP contribution in [0.3, 0.4) is 0 Å². The average Bonchev–Trinajstić information content (AvgIpc) is 2.90. The maximum absolute atomic E-state index is 13.7. The first-order chi connectivity index (χ1) is 17.8. The van der Waals surface area contributed by atoms with E-state index in [4.69, 9.17) is 28.6 Å². The summed E-state index contributed by atoms with van der Waals surface area (Å²) in [5.74, 6) is 0. The molecule has 0 spiro atoms. The van der Waals surface area contributed by atoms with Crippen molar-refractivity contribution < 1.29 is 37.9 Å². The number of amides is 1. The van der Waals surface area contributed by atoms with Crippen molar-refractivity contribution in [2.45, 2.75) is 46.8 Å². The number of ether oxygens (including phenoxy) is 4. The first-order valence-corrected chi connectivity index (χ1v) is 15.0. The van der Waals surface area contributed by atoms with Gasteiger partial charge in [-0.2, -0.15) is 0 Å². The second-order valence-corrected chi connectivity index (χ2v) is 11.0. The van der Waals surface area contributed by atoms with E-state index in [0.29, 0.717) is 39.4 Å². The summed E-state index contributed by atoms with van der Waals surface area (Å²) in [6.45, 7) is 14.9. The smallest absolute Gasteiger partial charge is 0.409 e. The number of carbonyl (C=O) groups excluding carboxylic acids is 1. The lowest BCUT2D eigenvalue weighted by Gasteiger charge is -2.41. The summed E-state index contributed by atoms with van der Waals surface area (Å²) in [7, 11) is 2.29. The Morgan fingerprint density at radius 3 is 2.08 bits per heavy atom. The highest BCUT2D eigenvalue weighted by Gasteiger charge is 2.39. The zero-order valence-electron chi connectivity index (χ0n) is 24.4. The highest BCUT2D eigenvalue weighted by Crippen LogP contribution is 2.53. The van der Waals surface area contributed by atoms with Crippen LogP contribution in [0, 0.1) is 0 Å². The number of aliphatic hydroxyl groups is 1. The van der Waals surface area contributed by atoms with Gasteiger partial charge in [-0.05, 0) is 28.1 Å². The van der Waals surface area contributed by atoms with E-state index in [0.717, 1.165) is 13.1 Å². The number of nitrogens with zero attached hydrogens (tertiary/aromatic N) is 4. The van der Waals surface area contributed by atoms with Crippen LogP contribution in [0.2, 0.25) is 0 Å². The molecule has 0 aromatic carbocycles. The molecule has 0 saturated carbocycles. The number of hydrogen-bond donors (Lipinski definition) is 1. The molecule has 0 aromatic heterocycles. The lowest BCUT2D eigenvalue weighted by Crippen LogP contribution is -2.50. The molecular weight excluding hydrogens is 503 g/mol. The lowest BCUT2D eigenvalue weighted by molar-refractivity contribution is -0.0864. The van der Waals surface area contributed by atoms with Crippen LogP contribution in [-0.4, -0.2) is 149 Å². The van der Waals surface area contributed by atoms with Crippen molar-refractivity contribution >= 4 is 13.8 Å². The van der Waals surface area contributed by atoms with Gasteiger partial charge in [0.2, 0.25) is 0 Å². The molecule has 1 N–H and O–H groups in total. The predicted molar refractivity (Wildman–Crippen MR) is 145 cm³/mol. The summed E-state index contributed by atoms with van der Waals surface area (Å²) < 4.78 is 44.6. The third-order valence-corrected chi connectivity index (χ3v) is 7.99. The Hall–Kier alpha value is -0.820. The Bertz CT molecular complexity index is 614. The quantitative estimate of drug-likeness (QED) is 0.266. The Morgan fingerprint density at radius 2 is 1.54 bits per heavy atom. The van der Waals surface area contributed by atoms with Gasteiger partial charge in [0.1, 0.15) is 6.61 Å². The average molecular weight is 557 g/mol. The van der Waals surface area contributed by atoms with Crippen LogP contribution in [-0.2, 0) is 28.0 Å². The zero-order chi connectivity index (χ0) is 28.3. The van der Waals surface area contributed by atoms with Crippen molar-refractivity contribution in [3.8, 4) is 0 Å². The second kappa shape index (κ2) is 21.1. The number of hydrogen-bond acceptors (Lipinski definition) is 9. The Labute approximate surface area is 224 Å². The van der Waals surface area contributed by atoms with Crippen molar-refractivity contribution in [2.75, 3.05) is 107 Å². The van der Waals surface area contributed by atoms with Gasteiger partial charge in [0.15, 0.2) is 0 Å². The van der Waals surface area contributed by atoms with Crippen LogP contribution in [0.4, 0.5) is 4.79 Å². The van der Waals surface area contributed by atoms with E-state index in [-0.39, 0.29) is 45.2 Å². The molecule has 2 aliphatic heterocycles. The molecule has 0 aromatic rings. The van der Waals surface area contributed by atoms with E-state index in [1.165, 1.54) is 0 Å². The van der Waals surface area contributed by atoms with Crippen molar-refractivity contribution in [1.82, 2.24) is 19.1 Å². The van der Waals surface area contributed by atoms with Crippen molar-refractivity contribution in [3.63, 3.8) is 0 Å². The Kier molecular flexibility index (Phi) is 20.6. The molecule has 2 heterocycles. The normalized spacial score (nSPS) is 22.4. The number of morpholine rings is 1. The van der Waals surface area contributed by atoms with Crippen LogP contribution < -0.4 is 0 Å². The molecule has 2 aliphatic rings. The highest BCUT2D eigenvalue weighted by molar-refractivity contribution is 7.53. The molecule has 2 saturated heterocycles. The minimum atomic E-state index is -3.23. The third-order valence-electron chi connectivity index (χ3n) is 5.38. The molecule has 0 bridgehead atoms. The van der Waals surface area contributed by atoms with E-state index in [2.05, 4.69) is 4.90 Å². The minimum absolute atomic E-state index is 0.0210. The molecule has 13 heteroatoms. The molecule has 0 radical (unpaired) electrons. The second-order valence-electron chi connectivity index (χ2n) is 8.43. The van der Waals surface area contributed by atoms with Gasteiger partial charge in [-0.25, -0.2) is 14.1 Å². The van der Waals surface area contributed by atoms with Gasteiger partial charge in [-0.1, -0.05) is 27.7 Å². The van der Waals surface area contributed by atoms with Crippen LogP contribution in [0.1, 0.15) is 34.6 Å². The maximum Gasteiger partial charge on any atom is 0.409 e. The summed E-state index contributed by atoms with van der Waals surface area (Å²) in [6.07, 6.45) is -0.439. The van der Waals surface area contributed by atoms with Gasteiger partial charge >= 0.3 is 13.8 Å². The summed E-state index contributed by atoms with van der Waals surface area (Å²) in [5, 5.41) is 8.62. The third kappa shape index (κ3) is 13.7. The minimum Gasteiger partial charge on any atom is -0.447 e. The van der Waals surface area contributed by atoms with Crippen LogP contribution in [0.15, 0.2) is 0 Å². The van der Waals surface area contributed by atoms with Gasteiger partial charge in [0.05, 0.1) is 51.8 Å². The highest BCUT2D eigenvalue weighted by atomic mass is 31.2. The van der Waals surface area contributed by atoms with E-state index in [1.807, 2.05) is 46.3 Å². The number of rotatable bonds is 13. The van der Waals surface area contributed by atoms with Gasteiger partial charge < -0.3 is 38.4 Å². The fourth-order valence-corrected chi connectivity index (χ4v) is 5.74. The summed E-state index contributed by atoms with van der Waals surface area (Å²) >= 11 is 0. The van der Waals surface area contributed by atoms with Crippen molar-refractivity contribution in [2.24, 2.45) is 0 Å². The van der Waals surface area contributed by atoms with Crippen molar-refractivity contribution in [1.29, 1.82) is 0 Å².